The SMILES string of the molecule is CN(Cc1cn(C)nn1)Cc1nc2ccccc2o1. The van der Waals surface area contributed by atoms with Gasteiger partial charge < -0.3 is 4.42 Å². The summed E-state index contributed by atoms with van der Waals surface area (Å²) in [5.74, 6) is 0.715. The number of aromatic nitrogens is 4. The van der Waals surface area contributed by atoms with Crippen LogP contribution in [0.25, 0.3) is 11.1 Å². The van der Waals surface area contributed by atoms with Gasteiger partial charge in [0.2, 0.25) is 5.89 Å². The normalized spacial score (nSPS) is 11.5. The summed E-state index contributed by atoms with van der Waals surface area (Å²) < 4.78 is 7.38. The second-order valence-electron chi connectivity index (χ2n) is 4.63. The van der Waals surface area contributed by atoms with E-state index in [2.05, 4.69) is 20.2 Å². The number of oxazole rings is 1. The molecule has 3 rings (SSSR count). The maximum Gasteiger partial charge on any atom is 0.209 e. The van der Waals surface area contributed by atoms with Crippen LogP contribution in [0.1, 0.15) is 11.6 Å². The Morgan fingerprint density at radius 1 is 1.26 bits per heavy atom. The van der Waals surface area contributed by atoms with Gasteiger partial charge in [0.1, 0.15) is 5.52 Å². The number of rotatable bonds is 4. The van der Waals surface area contributed by atoms with Gasteiger partial charge in [-0.05, 0) is 19.2 Å². The van der Waals surface area contributed by atoms with Crippen LogP contribution in [0.4, 0.5) is 0 Å². The molecule has 0 fully saturated rings. The number of aryl methyl sites for hydroxylation is 1. The summed E-state index contributed by atoms with van der Waals surface area (Å²) >= 11 is 0. The van der Waals surface area contributed by atoms with E-state index in [9.17, 15) is 0 Å². The summed E-state index contributed by atoms with van der Waals surface area (Å²) in [5, 5.41) is 7.97. The van der Waals surface area contributed by atoms with Gasteiger partial charge in [-0.2, -0.15) is 0 Å². The van der Waals surface area contributed by atoms with E-state index in [1.165, 1.54) is 0 Å². The average molecular weight is 257 g/mol. The number of hydrogen-bond acceptors (Lipinski definition) is 5. The van der Waals surface area contributed by atoms with Crippen LogP contribution in [-0.2, 0) is 20.1 Å². The molecule has 0 atom stereocenters. The number of hydrogen-bond donors (Lipinski definition) is 0. The summed E-state index contributed by atoms with van der Waals surface area (Å²) in [6, 6.07) is 7.78. The Balaban J connectivity index is 1.70. The molecule has 0 saturated heterocycles. The molecule has 0 spiro atoms. The molecule has 0 N–H and O–H groups in total. The second kappa shape index (κ2) is 4.81. The largest absolute Gasteiger partial charge is 0.439 e. The van der Waals surface area contributed by atoms with Crippen LogP contribution in [0.15, 0.2) is 34.9 Å². The van der Waals surface area contributed by atoms with E-state index in [0.29, 0.717) is 19.0 Å². The molecule has 6 heteroatoms. The molecule has 98 valence electrons. The predicted molar refractivity (Wildman–Crippen MR) is 70.2 cm³/mol. The molecule has 0 unspecified atom stereocenters. The summed E-state index contributed by atoms with van der Waals surface area (Å²) in [7, 11) is 3.86. The zero-order valence-electron chi connectivity index (χ0n) is 10.9. The monoisotopic (exact) mass is 257 g/mol. The molecule has 1 aromatic carbocycles. The fourth-order valence-electron chi connectivity index (χ4n) is 2.02. The topological polar surface area (TPSA) is 60.0 Å². The molecule has 2 aromatic heterocycles. The minimum absolute atomic E-state index is 0.644. The Hall–Kier alpha value is -2.21. The zero-order chi connectivity index (χ0) is 13.2. The third-order valence-corrected chi connectivity index (χ3v) is 2.83. The Morgan fingerprint density at radius 3 is 2.84 bits per heavy atom. The molecule has 0 aliphatic carbocycles. The van der Waals surface area contributed by atoms with Crippen molar-refractivity contribution >= 4 is 11.1 Å². The molecule has 0 radical (unpaired) electrons. The van der Waals surface area contributed by atoms with Gasteiger partial charge in [-0.3, -0.25) is 9.58 Å². The third-order valence-electron chi connectivity index (χ3n) is 2.83. The van der Waals surface area contributed by atoms with Crippen molar-refractivity contribution < 1.29 is 4.42 Å². The Labute approximate surface area is 110 Å². The van der Waals surface area contributed by atoms with E-state index in [0.717, 1.165) is 16.8 Å². The van der Waals surface area contributed by atoms with Crippen LogP contribution in [0.5, 0.6) is 0 Å². The fourth-order valence-corrected chi connectivity index (χ4v) is 2.02. The molecule has 6 nitrogen and oxygen atoms in total. The number of nitrogens with zero attached hydrogens (tertiary/aromatic N) is 5. The lowest BCUT2D eigenvalue weighted by Crippen LogP contribution is -2.17. The van der Waals surface area contributed by atoms with Crippen LogP contribution < -0.4 is 0 Å². The lowest BCUT2D eigenvalue weighted by atomic mass is 10.3. The minimum atomic E-state index is 0.644. The highest BCUT2D eigenvalue weighted by Crippen LogP contribution is 2.15. The van der Waals surface area contributed by atoms with Crippen molar-refractivity contribution in [1.82, 2.24) is 24.9 Å². The summed E-state index contributed by atoms with van der Waals surface area (Å²) in [6.07, 6.45) is 1.91. The number of fused-ring (bicyclic) bond motifs is 1. The summed E-state index contributed by atoms with van der Waals surface area (Å²) in [4.78, 5) is 6.54. The highest BCUT2D eigenvalue weighted by atomic mass is 16.3. The van der Waals surface area contributed by atoms with Crippen molar-refractivity contribution in [3.05, 3.63) is 42.0 Å². The molecular formula is C13H15N5O. The summed E-state index contributed by atoms with van der Waals surface area (Å²) in [5.41, 5.74) is 2.65. The van der Waals surface area contributed by atoms with Crippen molar-refractivity contribution in [2.24, 2.45) is 7.05 Å². The van der Waals surface area contributed by atoms with Crippen LogP contribution in [0.2, 0.25) is 0 Å². The van der Waals surface area contributed by atoms with Crippen molar-refractivity contribution in [1.29, 1.82) is 0 Å². The highest BCUT2D eigenvalue weighted by molar-refractivity contribution is 5.72. The minimum Gasteiger partial charge on any atom is -0.439 e. The van der Waals surface area contributed by atoms with Crippen LogP contribution in [0, 0.1) is 0 Å². The van der Waals surface area contributed by atoms with E-state index in [4.69, 9.17) is 4.42 Å². The number of benzene rings is 1. The van der Waals surface area contributed by atoms with Gasteiger partial charge in [0.15, 0.2) is 5.58 Å². The van der Waals surface area contributed by atoms with Crippen LogP contribution >= 0.6 is 0 Å². The Bertz CT molecular complexity index is 654. The Morgan fingerprint density at radius 2 is 2.11 bits per heavy atom. The van der Waals surface area contributed by atoms with Crippen LogP contribution in [0.3, 0.4) is 0 Å². The first-order chi connectivity index (χ1) is 9.20. The molecule has 0 amide bonds. The molecule has 0 aliphatic heterocycles. The third kappa shape index (κ3) is 2.63. The molecule has 0 bridgehead atoms. The van der Waals surface area contributed by atoms with Crippen LogP contribution in [-0.4, -0.2) is 31.9 Å². The van der Waals surface area contributed by atoms with Gasteiger partial charge in [0.25, 0.3) is 0 Å². The second-order valence-corrected chi connectivity index (χ2v) is 4.63. The molecule has 0 saturated carbocycles. The van der Waals surface area contributed by atoms with Gasteiger partial charge in [-0.15, -0.1) is 5.10 Å². The standard InChI is InChI=1S/C13H15N5O/c1-17(7-10-8-18(2)16-15-10)9-13-14-11-5-3-4-6-12(11)19-13/h3-6,8H,7,9H2,1-2H3. The first kappa shape index (κ1) is 11.9. The maximum atomic E-state index is 5.69. The lowest BCUT2D eigenvalue weighted by Gasteiger charge is -2.11. The molecule has 2 heterocycles. The van der Waals surface area contributed by atoms with Crippen molar-refractivity contribution in [3.8, 4) is 0 Å². The van der Waals surface area contributed by atoms with Gasteiger partial charge in [0, 0.05) is 19.8 Å². The fraction of sp³-hybridized carbons (Fsp3) is 0.308. The van der Waals surface area contributed by atoms with E-state index >= 15 is 0 Å². The first-order valence-corrected chi connectivity index (χ1v) is 6.09. The molecule has 3 aromatic rings. The smallest absolute Gasteiger partial charge is 0.209 e. The van der Waals surface area contributed by atoms with Crippen molar-refractivity contribution in [3.63, 3.8) is 0 Å². The lowest BCUT2D eigenvalue weighted by molar-refractivity contribution is 0.282. The van der Waals surface area contributed by atoms with Gasteiger partial charge in [-0.25, -0.2) is 4.98 Å². The Kier molecular flexibility index (Phi) is 3.00. The average Bonchev–Trinajstić information content (AvgIpc) is 2.94. The molecule has 19 heavy (non-hydrogen) atoms. The van der Waals surface area contributed by atoms with E-state index in [1.54, 1.807) is 4.68 Å². The molecule has 0 aliphatic rings. The first-order valence-electron chi connectivity index (χ1n) is 6.09. The quantitative estimate of drug-likeness (QED) is 0.710. The number of para-hydroxylation sites is 2. The van der Waals surface area contributed by atoms with Gasteiger partial charge in [0.05, 0.1) is 12.2 Å². The predicted octanol–water partition coefficient (Wildman–Crippen LogP) is 1.59. The van der Waals surface area contributed by atoms with Crippen molar-refractivity contribution in [2.75, 3.05) is 7.05 Å². The highest BCUT2D eigenvalue weighted by Gasteiger charge is 2.09. The summed E-state index contributed by atoms with van der Waals surface area (Å²) in [6.45, 7) is 1.36. The zero-order valence-corrected chi connectivity index (χ0v) is 10.9. The van der Waals surface area contributed by atoms with E-state index in [1.807, 2.05) is 44.6 Å². The van der Waals surface area contributed by atoms with Gasteiger partial charge >= 0.3 is 0 Å². The van der Waals surface area contributed by atoms with E-state index in [-0.39, 0.29) is 0 Å². The van der Waals surface area contributed by atoms with E-state index < -0.39 is 0 Å². The van der Waals surface area contributed by atoms with Gasteiger partial charge in [-0.1, -0.05) is 17.3 Å². The maximum absolute atomic E-state index is 5.69. The van der Waals surface area contributed by atoms with Crippen molar-refractivity contribution in [2.45, 2.75) is 13.1 Å². The molecular weight excluding hydrogens is 242 g/mol.